The third-order valence-corrected chi connectivity index (χ3v) is 4.62. The Morgan fingerprint density at radius 2 is 1.86 bits per heavy atom. The molecule has 1 unspecified atom stereocenters. The van der Waals surface area contributed by atoms with Crippen LogP contribution in [0.4, 0.5) is 0 Å². The molecule has 0 aliphatic carbocycles. The third kappa shape index (κ3) is 2.88. The van der Waals surface area contributed by atoms with Crippen LogP contribution in [0.1, 0.15) is 25.0 Å². The molecule has 0 N–H and O–H groups in total. The average molecular weight is 309 g/mol. The van der Waals surface area contributed by atoms with Gasteiger partial charge in [-0.1, -0.05) is 6.42 Å². The molecule has 0 bridgehead atoms. The molecular formula is C15H23N3O4. The van der Waals surface area contributed by atoms with Crippen LogP contribution in [0.15, 0.2) is 15.7 Å². The second kappa shape index (κ2) is 6.36. The molecule has 1 aromatic heterocycles. The van der Waals surface area contributed by atoms with Crippen LogP contribution in [-0.2, 0) is 30.1 Å². The molecule has 2 aliphatic heterocycles. The minimum absolute atomic E-state index is 0.190. The van der Waals surface area contributed by atoms with Crippen molar-refractivity contribution in [2.24, 2.45) is 14.1 Å². The van der Waals surface area contributed by atoms with Crippen LogP contribution in [0.2, 0.25) is 0 Å². The average Bonchev–Trinajstić information content (AvgIpc) is 3.05. The fourth-order valence-corrected chi connectivity index (χ4v) is 3.26. The van der Waals surface area contributed by atoms with Crippen LogP contribution < -0.4 is 11.2 Å². The zero-order valence-electron chi connectivity index (χ0n) is 13.2. The van der Waals surface area contributed by atoms with Gasteiger partial charge in [0.15, 0.2) is 6.29 Å². The van der Waals surface area contributed by atoms with Gasteiger partial charge in [0.1, 0.15) is 0 Å². The normalized spacial score (nSPS) is 24.0. The fraction of sp³-hybridized carbons (Fsp3) is 0.733. The van der Waals surface area contributed by atoms with Gasteiger partial charge < -0.3 is 9.47 Å². The molecule has 2 fully saturated rings. The van der Waals surface area contributed by atoms with Gasteiger partial charge in [0.2, 0.25) is 0 Å². The van der Waals surface area contributed by atoms with Crippen molar-refractivity contribution in [1.29, 1.82) is 0 Å². The van der Waals surface area contributed by atoms with Gasteiger partial charge in [0, 0.05) is 32.4 Å². The summed E-state index contributed by atoms with van der Waals surface area (Å²) in [5.41, 5.74) is 0.183. The highest BCUT2D eigenvalue weighted by atomic mass is 16.7. The number of piperidine rings is 1. The first-order valence-corrected chi connectivity index (χ1v) is 7.81. The number of nitrogens with zero attached hydrogens (tertiary/aromatic N) is 3. The minimum atomic E-state index is -0.288. The number of hydrogen-bond acceptors (Lipinski definition) is 5. The van der Waals surface area contributed by atoms with E-state index in [1.54, 1.807) is 17.7 Å². The second-order valence-electron chi connectivity index (χ2n) is 6.02. The summed E-state index contributed by atoms with van der Waals surface area (Å²) in [5.74, 6) is 0. The Balaban J connectivity index is 1.84. The molecule has 1 atom stereocenters. The van der Waals surface area contributed by atoms with Gasteiger partial charge in [0.05, 0.1) is 19.3 Å². The molecule has 3 rings (SSSR count). The maximum absolute atomic E-state index is 12.0. The lowest BCUT2D eigenvalue weighted by Crippen LogP contribution is -2.48. The topological polar surface area (TPSA) is 65.7 Å². The molecule has 0 radical (unpaired) electrons. The van der Waals surface area contributed by atoms with Gasteiger partial charge >= 0.3 is 5.69 Å². The van der Waals surface area contributed by atoms with Crippen molar-refractivity contribution in [3.8, 4) is 0 Å². The quantitative estimate of drug-likeness (QED) is 0.774. The first kappa shape index (κ1) is 15.5. The molecule has 0 saturated carbocycles. The maximum Gasteiger partial charge on any atom is 0.330 e. The van der Waals surface area contributed by atoms with E-state index in [2.05, 4.69) is 4.90 Å². The summed E-state index contributed by atoms with van der Waals surface area (Å²) in [6.45, 7) is 2.77. The second-order valence-corrected chi connectivity index (χ2v) is 6.02. The largest absolute Gasteiger partial charge is 0.349 e. The highest BCUT2D eigenvalue weighted by molar-refractivity contribution is 5.03. The number of aromatic nitrogens is 2. The predicted molar refractivity (Wildman–Crippen MR) is 80.7 cm³/mol. The third-order valence-electron chi connectivity index (χ3n) is 4.62. The number of rotatable bonds is 3. The van der Waals surface area contributed by atoms with Crippen molar-refractivity contribution in [3.63, 3.8) is 0 Å². The van der Waals surface area contributed by atoms with Crippen molar-refractivity contribution < 1.29 is 9.47 Å². The number of ether oxygens (including phenoxy) is 2. The van der Waals surface area contributed by atoms with Crippen LogP contribution in [0.5, 0.6) is 0 Å². The Kier molecular flexibility index (Phi) is 4.46. The molecule has 0 amide bonds. The van der Waals surface area contributed by atoms with Gasteiger partial charge in [0.25, 0.3) is 5.56 Å². The van der Waals surface area contributed by atoms with E-state index in [4.69, 9.17) is 9.47 Å². The van der Waals surface area contributed by atoms with E-state index in [1.807, 2.05) is 0 Å². The SMILES string of the molecule is Cn1c(CN2CCCCC2C2OCCO2)cc(=O)n(C)c1=O. The lowest BCUT2D eigenvalue weighted by molar-refractivity contribution is -0.111. The Hall–Kier alpha value is -1.44. The molecule has 3 heterocycles. The molecule has 0 aromatic carbocycles. The maximum atomic E-state index is 12.0. The zero-order chi connectivity index (χ0) is 15.7. The summed E-state index contributed by atoms with van der Waals surface area (Å²) in [6.07, 6.45) is 3.09. The van der Waals surface area contributed by atoms with Crippen molar-refractivity contribution in [2.75, 3.05) is 19.8 Å². The molecule has 7 nitrogen and oxygen atoms in total. The Labute approximate surface area is 129 Å². The zero-order valence-corrected chi connectivity index (χ0v) is 13.2. The van der Waals surface area contributed by atoms with Crippen molar-refractivity contribution >= 4 is 0 Å². The summed E-state index contributed by atoms with van der Waals surface area (Å²) in [6, 6.07) is 1.74. The minimum Gasteiger partial charge on any atom is -0.349 e. The summed E-state index contributed by atoms with van der Waals surface area (Å²) < 4.78 is 14.0. The number of likely N-dealkylation sites (tertiary alicyclic amines) is 1. The molecular weight excluding hydrogens is 286 g/mol. The molecule has 7 heteroatoms. The monoisotopic (exact) mass is 309 g/mol. The van der Waals surface area contributed by atoms with E-state index in [1.165, 1.54) is 7.05 Å². The van der Waals surface area contributed by atoms with Crippen LogP contribution in [0, 0.1) is 0 Å². The smallest absolute Gasteiger partial charge is 0.330 e. The molecule has 2 aliphatic rings. The van der Waals surface area contributed by atoms with E-state index < -0.39 is 0 Å². The van der Waals surface area contributed by atoms with E-state index >= 15 is 0 Å². The van der Waals surface area contributed by atoms with Crippen LogP contribution in [0.3, 0.4) is 0 Å². The van der Waals surface area contributed by atoms with Gasteiger partial charge in [-0.25, -0.2) is 4.79 Å². The van der Waals surface area contributed by atoms with Crippen LogP contribution >= 0.6 is 0 Å². The lowest BCUT2D eigenvalue weighted by Gasteiger charge is -2.38. The molecule has 1 aromatic rings. The first-order valence-electron chi connectivity index (χ1n) is 7.81. The highest BCUT2D eigenvalue weighted by Crippen LogP contribution is 2.25. The van der Waals surface area contributed by atoms with Gasteiger partial charge in [-0.05, 0) is 19.4 Å². The summed E-state index contributed by atoms with van der Waals surface area (Å²) in [5, 5.41) is 0. The molecule has 0 spiro atoms. The van der Waals surface area contributed by atoms with E-state index in [9.17, 15) is 9.59 Å². The van der Waals surface area contributed by atoms with E-state index in [0.717, 1.165) is 36.1 Å². The molecule has 2 saturated heterocycles. The Morgan fingerprint density at radius 1 is 1.14 bits per heavy atom. The fourth-order valence-electron chi connectivity index (χ4n) is 3.26. The summed E-state index contributed by atoms with van der Waals surface area (Å²) in [7, 11) is 3.21. The van der Waals surface area contributed by atoms with Crippen LogP contribution in [-0.4, -0.2) is 46.1 Å². The Bertz CT molecular complexity index is 645. The molecule has 122 valence electrons. The van der Waals surface area contributed by atoms with Crippen LogP contribution in [0.25, 0.3) is 0 Å². The Morgan fingerprint density at radius 3 is 2.59 bits per heavy atom. The first-order chi connectivity index (χ1) is 10.6. The lowest BCUT2D eigenvalue weighted by atomic mass is 10.0. The van der Waals surface area contributed by atoms with E-state index in [0.29, 0.717) is 19.8 Å². The number of hydrogen-bond donors (Lipinski definition) is 0. The standard InChI is InChI=1S/C15H23N3O4/c1-16-11(9-13(19)17(2)15(16)20)10-18-6-4-3-5-12(18)14-21-7-8-22-14/h9,12,14H,3-8,10H2,1-2H3. The van der Waals surface area contributed by atoms with Gasteiger partial charge in [-0.2, -0.15) is 0 Å². The van der Waals surface area contributed by atoms with Gasteiger partial charge in [-0.3, -0.25) is 18.8 Å². The summed E-state index contributed by atoms with van der Waals surface area (Å²) in [4.78, 5) is 26.2. The highest BCUT2D eigenvalue weighted by Gasteiger charge is 2.33. The molecule has 22 heavy (non-hydrogen) atoms. The van der Waals surface area contributed by atoms with Crippen molar-refractivity contribution in [3.05, 3.63) is 32.6 Å². The van der Waals surface area contributed by atoms with Crippen molar-refractivity contribution in [1.82, 2.24) is 14.0 Å². The van der Waals surface area contributed by atoms with E-state index in [-0.39, 0.29) is 23.6 Å². The predicted octanol–water partition coefficient (Wildman–Crippen LogP) is -0.189. The summed E-state index contributed by atoms with van der Waals surface area (Å²) >= 11 is 0. The van der Waals surface area contributed by atoms with Crippen molar-refractivity contribution in [2.45, 2.75) is 38.1 Å². The van der Waals surface area contributed by atoms with Gasteiger partial charge in [-0.15, -0.1) is 0 Å².